The minimum Gasteiger partial charge on any atom is -0.379 e. The lowest BCUT2D eigenvalue weighted by atomic mass is 10.00. The lowest BCUT2D eigenvalue weighted by Gasteiger charge is -2.27. The maximum atomic E-state index is 5.41. The molecule has 1 unspecified atom stereocenters. The minimum absolute atomic E-state index is 0.0722. The molecule has 1 atom stereocenters. The predicted molar refractivity (Wildman–Crippen MR) is 67.9 cm³/mol. The summed E-state index contributed by atoms with van der Waals surface area (Å²) in [5.74, 6) is 1.01. The smallest absolute Gasteiger partial charge is 0.133 e. The molecule has 0 aromatic carbocycles. The molecule has 0 spiro atoms. The van der Waals surface area contributed by atoms with Gasteiger partial charge in [0.1, 0.15) is 12.2 Å². The predicted octanol–water partition coefficient (Wildman–Crippen LogP) is 1.15. The first kappa shape index (κ1) is 14.1. The van der Waals surface area contributed by atoms with E-state index in [1.54, 1.807) is 13.4 Å². The molecule has 0 radical (unpaired) electrons. The van der Waals surface area contributed by atoms with E-state index in [1.807, 2.05) is 11.6 Å². The first-order valence-electron chi connectivity index (χ1n) is 6.06. The highest BCUT2D eigenvalue weighted by molar-refractivity contribution is 4.85. The van der Waals surface area contributed by atoms with Crippen molar-refractivity contribution in [2.75, 3.05) is 13.7 Å². The Hall–Kier alpha value is -0.940. The van der Waals surface area contributed by atoms with Crippen molar-refractivity contribution in [3.63, 3.8) is 0 Å². The van der Waals surface area contributed by atoms with Gasteiger partial charge in [-0.2, -0.15) is 0 Å². The molecule has 1 N–H and O–H groups in total. The van der Waals surface area contributed by atoms with Crippen LogP contribution in [0, 0.1) is 0 Å². The third kappa shape index (κ3) is 4.83. The number of nitrogens with zero attached hydrogens (tertiary/aromatic N) is 3. The molecule has 1 rings (SSSR count). The van der Waals surface area contributed by atoms with E-state index in [-0.39, 0.29) is 5.60 Å². The van der Waals surface area contributed by atoms with Crippen molar-refractivity contribution in [2.45, 2.75) is 45.3 Å². The van der Waals surface area contributed by atoms with E-state index in [0.717, 1.165) is 25.2 Å². The van der Waals surface area contributed by atoms with Crippen LogP contribution in [0.2, 0.25) is 0 Å². The van der Waals surface area contributed by atoms with Gasteiger partial charge in [0.15, 0.2) is 0 Å². The average Bonchev–Trinajstić information content (AvgIpc) is 2.64. The van der Waals surface area contributed by atoms with Gasteiger partial charge in [-0.15, -0.1) is 10.2 Å². The Morgan fingerprint density at radius 3 is 2.76 bits per heavy atom. The van der Waals surface area contributed by atoms with Crippen LogP contribution in [0.25, 0.3) is 0 Å². The van der Waals surface area contributed by atoms with Crippen LogP contribution in [0.4, 0.5) is 0 Å². The van der Waals surface area contributed by atoms with Crippen molar-refractivity contribution in [1.82, 2.24) is 20.1 Å². The Balaban J connectivity index is 2.25. The van der Waals surface area contributed by atoms with Crippen molar-refractivity contribution < 1.29 is 4.74 Å². The molecule has 0 saturated carbocycles. The minimum atomic E-state index is -0.0722. The molecular formula is C12H24N4O. The van der Waals surface area contributed by atoms with Gasteiger partial charge in [0, 0.05) is 33.2 Å². The molecule has 0 aliphatic carbocycles. The van der Waals surface area contributed by atoms with E-state index in [1.165, 1.54) is 0 Å². The molecular weight excluding hydrogens is 216 g/mol. The Labute approximate surface area is 104 Å². The Bertz CT molecular complexity index is 335. The van der Waals surface area contributed by atoms with E-state index in [2.05, 4.69) is 36.3 Å². The second-order valence-corrected chi connectivity index (χ2v) is 5.13. The number of rotatable bonds is 7. The molecule has 1 aromatic heterocycles. The standard InChI is InChI=1S/C12H24N4O/c1-10(8-12(2,3)17-5)13-7-6-11-15-14-9-16(11)4/h9-10,13H,6-8H2,1-5H3. The topological polar surface area (TPSA) is 52.0 Å². The number of aryl methyl sites for hydroxylation is 1. The summed E-state index contributed by atoms with van der Waals surface area (Å²) < 4.78 is 7.36. The van der Waals surface area contributed by atoms with Crippen LogP contribution in [-0.2, 0) is 18.2 Å². The van der Waals surface area contributed by atoms with E-state index in [0.29, 0.717) is 6.04 Å². The summed E-state index contributed by atoms with van der Waals surface area (Å²) in [6.07, 6.45) is 3.61. The second kappa shape index (κ2) is 6.12. The highest BCUT2D eigenvalue weighted by atomic mass is 16.5. The van der Waals surface area contributed by atoms with Crippen LogP contribution >= 0.6 is 0 Å². The largest absolute Gasteiger partial charge is 0.379 e. The van der Waals surface area contributed by atoms with Crippen LogP contribution in [0.1, 0.15) is 33.0 Å². The van der Waals surface area contributed by atoms with Crippen LogP contribution < -0.4 is 5.32 Å². The molecule has 0 fully saturated rings. The van der Waals surface area contributed by atoms with Gasteiger partial charge in [0.2, 0.25) is 0 Å². The van der Waals surface area contributed by atoms with Crippen LogP contribution in [0.3, 0.4) is 0 Å². The third-order valence-electron chi connectivity index (χ3n) is 3.00. The number of ether oxygens (including phenoxy) is 1. The molecule has 98 valence electrons. The quantitative estimate of drug-likeness (QED) is 0.777. The number of nitrogens with one attached hydrogen (secondary N) is 1. The Kier molecular flexibility index (Phi) is 5.08. The SMILES string of the molecule is COC(C)(C)CC(C)NCCc1nncn1C. The molecule has 5 heteroatoms. The van der Waals surface area contributed by atoms with Gasteiger partial charge in [-0.3, -0.25) is 0 Å². The van der Waals surface area contributed by atoms with Crippen molar-refractivity contribution >= 4 is 0 Å². The third-order valence-corrected chi connectivity index (χ3v) is 3.00. The summed E-state index contributed by atoms with van der Waals surface area (Å²) in [6, 6.07) is 0.429. The molecule has 1 heterocycles. The fourth-order valence-corrected chi connectivity index (χ4v) is 1.86. The van der Waals surface area contributed by atoms with E-state index < -0.39 is 0 Å². The summed E-state index contributed by atoms with van der Waals surface area (Å²) >= 11 is 0. The van der Waals surface area contributed by atoms with Crippen molar-refractivity contribution in [3.8, 4) is 0 Å². The monoisotopic (exact) mass is 240 g/mol. The molecule has 0 aliphatic rings. The summed E-state index contributed by atoms with van der Waals surface area (Å²) in [7, 11) is 3.72. The second-order valence-electron chi connectivity index (χ2n) is 5.13. The van der Waals surface area contributed by atoms with Gasteiger partial charge in [0.05, 0.1) is 5.60 Å². The normalized spacial score (nSPS) is 13.9. The maximum absolute atomic E-state index is 5.41. The van der Waals surface area contributed by atoms with E-state index in [9.17, 15) is 0 Å². The molecule has 0 bridgehead atoms. The maximum Gasteiger partial charge on any atom is 0.133 e. The number of methoxy groups -OCH3 is 1. The Morgan fingerprint density at radius 2 is 2.24 bits per heavy atom. The average molecular weight is 240 g/mol. The zero-order valence-electron chi connectivity index (χ0n) is 11.5. The van der Waals surface area contributed by atoms with Gasteiger partial charge in [-0.05, 0) is 27.2 Å². The van der Waals surface area contributed by atoms with Crippen LogP contribution in [0.5, 0.6) is 0 Å². The van der Waals surface area contributed by atoms with Gasteiger partial charge < -0.3 is 14.6 Å². The van der Waals surface area contributed by atoms with Crippen molar-refractivity contribution in [3.05, 3.63) is 12.2 Å². The summed E-state index contributed by atoms with van der Waals surface area (Å²) in [6.45, 7) is 7.30. The first-order chi connectivity index (χ1) is 7.94. The molecule has 17 heavy (non-hydrogen) atoms. The summed E-state index contributed by atoms with van der Waals surface area (Å²) in [5, 5.41) is 11.4. The van der Waals surface area contributed by atoms with Crippen LogP contribution in [-0.4, -0.2) is 40.1 Å². The number of hydrogen-bond acceptors (Lipinski definition) is 4. The zero-order valence-corrected chi connectivity index (χ0v) is 11.5. The first-order valence-corrected chi connectivity index (χ1v) is 6.06. The van der Waals surface area contributed by atoms with Crippen LogP contribution in [0.15, 0.2) is 6.33 Å². The fraction of sp³-hybridized carbons (Fsp3) is 0.833. The Morgan fingerprint density at radius 1 is 1.53 bits per heavy atom. The van der Waals surface area contributed by atoms with Gasteiger partial charge in [-0.1, -0.05) is 0 Å². The lowest BCUT2D eigenvalue weighted by molar-refractivity contribution is 0.00864. The fourth-order valence-electron chi connectivity index (χ4n) is 1.86. The number of aromatic nitrogens is 3. The zero-order chi connectivity index (χ0) is 12.9. The highest BCUT2D eigenvalue weighted by Gasteiger charge is 2.19. The molecule has 0 aliphatic heterocycles. The van der Waals surface area contributed by atoms with Gasteiger partial charge in [-0.25, -0.2) is 0 Å². The summed E-state index contributed by atoms with van der Waals surface area (Å²) in [4.78, 5) is 0. The molecule has 5 nitrogen and oxygen atoms in total. The van der Waals surface area contributed by atoms with Gasteiger partial charge >= 0.3 is 0 Å². The molecule has 0 amide bonds. The summed E-state index contributed by atoms with van der Waals surface area (Å²) in [5.41, 5.74) is -0.0722. The molecule has 0 saturated heterocycles. The van der Waals surface area contributed by atoms with E-state index in [4.69, 9.17) is 4.74 Å². The van der Waals surface area contributed by atoms with Crippen molar-refractivity contribution in [1.29, 1.82) is 0 Å². The highest BCUT2D eigenvalue weighted by Crippen LogP contribution is 2.15. The van der Waals surface area contributed by atoms with Gasteiger partial charge in [0.25, 0.3) is 0 Å². The molecule has 1 aromatic rings. The van der Waals surface area contributed by atoms with Crippen molar-refractivity contribution in [2.24, 2.45) is 7.05 Å². The number of hydrogen-bond donors (Lipinski definition) is 1. The van der Waals surface area contributed by atoms with E-state index >= 15 is 0 Å². The lowest BCUT2D eigenvalue weighted by Crippen LogP contribution is -2.36.